The van der Waals surface area contributed by atoms with Gasteiger partial charge >= 0.3 is 11.9 Å². The first-order chi connectivity index (χ1) is 10.7. The predicted octanol–water partition coefficient (Wildman–Crippen LogP) is 1.33. The third-order valence-electron chi connectivity index (χ3n) is 3.38. The summed E-state index contributed by atoms with van der Waals surface area (Å²) in [7, 11) is 0. The summed E-state index contributed by atoms with van der Waals surface area (Å²) in [5.74, 6) is 0.620. The number of primary amides is 1. The Hall–Kier alpha value is -2.35. The number of fused-ring (bicyclic) bond motifs is 1. The summed E-state index contributed by atoms with van der Waals surface area (Å²) in [6, 6.07) is -0.724. The molecule has 1 aliphatic rings. The van der Waals surface area contributed by atoms with Gasteiger partial charge in [-0.3, -0.25) is 10.2 Å². The first kappa shape index (κ1) is 17.0. The Labute approximate surface area is 134 Å². The molecular formula is C15H23N5O3. The van der Waals surface area contributed by atoms with Gasteiger partial charge in [-0.2, -0.15) is 5.10 Å². The number of nitrogens with two attached hydrogens (primary N) is 1. The SMILES string of the molecule is Cc1c(C(=O)NNC(C)(C)C)oc2c1/C(=N/NC(N)=O)CCC2. The number of rotatable bonds is 3. The van der Waals surface area contributed by atoms with Crippen molar-refractivity contribution in [2.75, 3.05) is 0 Å². The molecule has 3 amide bonds. The number of hydrazine groups is 1. The lowest BCUT2D eigenvalue weighted by atomic mass is 9.93. The largest absolute Gasteiger partial charge is 0.455 e. The number of furan rings is 1. The van der Waals surface area contributed by atoms with Gasteiger partial charge < -0.3 is 10.2 Å². The zero-order valence-electron chi connectivity index (χ0n) is 13.9. The van der Waals surface area contributed by atoms with Crippen LogP contribution < -0.4 is 22.0 Å². The summed E-state index contributed by atoms with van der Waals surface area (Å²) in [5, 5.41) is 4.03. The third-order valence-corrected chi connectivity index (χ3v) is 3.38. The zero-order chi connectivity index (χ0) is 17.2. The van der Waals surface area contributed by atoms with Crippen LogP contribution in [0.25, 0.3) is 0 Å². The van der Waals surface area contributed by atoms with Crippen molar-refractivity contribution >= 4 is 17.6 Å². The molecule has 0 aliphatic heterocycles. The topological polar surface area (TPSA) is 122 Å². The molecule has 8 nitrogen and oxygen atoms in total. The van der Waals surface area contributed by atoms with Crippen LogP contribution >= 0.6 is 0 Å². The van der Waals surface area contributed by atoms with E-state index in [1.54, 1.807) is 6.92 Å². The second-order valence-electron chi connectivity index (χ2n) is 6.57. The van der Waals surface area contributed by atoms with E-state index in [2.05, 4.69) is 21.4 Å². The molecule has 0 radical (unpaired) electrons. The van der Waals surface area contributed by atoms with Crippen LogP contribution in [0.5, 0.6) is 0 Å². The fraction of sp³-hybridized carbons (Fsp3) is 0.533. The fourth-order valence-corrected chi connectivity index (χ4v) is 2.42. The molecule has 0 bridgehead atoms. The van der Waals surface area contributed by atoms with Gasteiger partial charge in [0.05, 0.1) is 5.71 Å². The zero-order valence-corrected chi connectivity index (χ0v) is 13.9. The van der Waals surface area contributed by atoms with Crippen molar-refractivity contribution in [1.82, 2.24) is 16.3 Å². The van der Waals surface area contributed by atoms with Crippen molar-refractivity contribution < 1.29 is 14.0 Å². The molecule has 0 fully saturated rings. The summed E-state index contributed by atoms with van der Waals surface area (Å²) in [5.41, 5.74) is 14.8. The number of urea groups is 1. The molecule has 8 heteroatoms. The van der Waals surface area contributed by atoms with E-state index in [1.807, 2.05) is 20.8 Å². The van der Waals surface area contributed by atoms with Crippen molar-refractivity contribution in [3.05, 3.63) is 22.6 Å². The van der Waals surface area contributed by atoms with Gasteiger partial charge in [0, 0.05) is 23.1 Å². The van der Waals surface area contributed by atoms with E-state index in [4.69, 9.17) is 10.2 Å². The lowest BCUT2D eigenvalue weighted by Gasteiger charge is -2.20. The van der Waals surface area contributed by atoms with Gasteiger partial charge in [0.25, 0.3) is 0 Å². The maximum Gasteiger partial charge on any atom is 0.332 e. The monoisotopic (exact) mass is 321 g/mol. The number of amides is 3. The predicted molar refractivity (Wildman–Crippen MR) is 86.0 cm³/mol. The van der Waals surface area contributed by atoms with Gasteiger partial charge in [0.2, 0.25) is 0 Å². The summed E-state index contributed by atoms with van der Waals surface area (Å²) in [4.78, 5) is 23.1. The highest BCUT2D eigenvalue weighted by atomic mass is 16.4. The lowest BCUT2D eigenvalue weighted by molar-refractivity contribution is 0.0883. The summed E-state index contributed by atoms with van der Waals surface area (Å²) >= 11 is 0. The number of carbonyl (C=O) groups excluding carboxylic acids is 2. The van der Waals surface area contributed by atoms with Crippen LogP contribution in [-0.2, 0) is 6.42 Å². The fourth-order valence-electron chi connectivity index (χ4n) is 2.42. The average molecular weight is 321 g/mol. The summed E-state index contributed by atoms with van der Waals surface area (Å²) < 4.78 is 5.72. The molecule has 0 unspecified atom stereocenters. The van der Waals surface area contributed by atoms with Crippen molar-refractivity contribution in [2.24, 2.45) is 10.8 Å². The van der Waals surface area contributed by atoms with E-state index in [1.165, 1.54) is 0 Å². The Bertz CT molecular complexity index is 655. The highest BCUT2D eigenvalue weighted by molar-refractivity contribution is 6.06. The Kier molecular flexibility index (Phi) is 4.74. The third kappa shape index (κ3) is 4.10. The molecule has 0 saturated carbocycles. The van der Waals surface area contributed by atoms with Gasteiger partial charge in [-0.25, -0.2) is 15.6 Å². The summed E-state index contributed by atoms with van der Waals surface area (Å²) in [6.45, 7) is 7.62. The standard InChI is InChI=1S/C15H23N5O3/c1-8-11-9(17-19-14(16)22)6-5-7-10(11)23-12(8)13(21)18-20-15(2,3)4/h20H,5-7H2,1-4H3,(H,18,21)(H3,16,19,22)/b17-9+. The lowest BCUT2D eigenvalue weighted by Crippen LogP contribution is -2.48. The van der Waals surface area contributed by atoms with Gasteiger partial charge in [-0.1, -0.05) is 0 Å². The molecule has 0 atom stereocenters. The van der Waals surface area contributed by atoms with E-state index in [0.717, 1.165) is 18.4 Å². The molecule has 23 heavy (non-hydrogen) atoms. The van der Waals surface area contributed by atoms with Gasteiger partial charge in [0.1, 0.15) is 5.76 Å². The van der Waals surface area contributed by atoms with E-state index < -0.39 is 6.03 Å². The second kappa shape index (κ2) is 6.41. The van der Waals surface area contributed by atoms with Gasteiger partial charge in [0.15, 0.2) is 5.76 Å². The summed E-state index contributed by atoms with van der Waals surface area (Å²) in [6.07, 6.45) is 2.25. The van der Waals surface area contributed by atoms with E-state index in [0.29, 0.717) is 23.5 Å². The number of nitrogens with one attached hydrogen (secondary N) is 3. The quantitative estimate of drug-likeness (QED) is 0.627. The molecular weight excluding hydrogens is 298 g/mol. The van der Waals surface area contributed by atoms with Crippen molar-refractivity contribution in [3.63, 3.8) is 0 Å². The van der Waals surface area contributed by atoms with E-state index in [-0.39, 0.29) is 17.2 Å². The van der Waals surface area contributed by atoms with Crippen molar-refractivity contribution in [1.29, 1.82) is 0 Å². The van der Waals surface area contributed by atoms with Crippen LogP contribution in [0.15, 0.2) is 9.52 Å². The number of carbonyl (C=O) groups is 2. The number of hydrogen-bond donors (Lipinski definition) is 4. The second-order valence-corrected chi connectivity index (χ2v) is 6.57. The van der Waals surface area contributed by atoms with Crippen LogP contribution in [0.1, 0.15) is 61.1 Å². The van der Waals surface area contributed by atoms with Crippen molar-refractivity contribution in [2.45, 2.75) is 52.5 Å². The normalized spacial score (nSPS) is 16.1. The minimum atomic E-state index is -0.724. The Morgan fingerprint density at radius 1 is 1.26 bits per heavy atom. The van der Waals surface area contributed by atoms with Gasteiger partial charge in [-0.05, 0) is 40.5 Å². The number of hydrogen-bond acceptors (Lipinski definition) is 5. The molecule has 1 aromatic heterocycles. The molecule has 5 N–H and O–H groups in total. The molecule has 1 aliphatic carbocycles. The maximum absolute atomic E-state index is 12.3. The molecule has 0 saturated heterocycles. The number of aryl methyl sites for hydroxylation is 1. The van der Waals surface area contributed by atoms with Crippen LogP contribution in [0.2, 0.25) is 0 Å². The number of hydrazone groups is 1. The first-order valence-electron chi connectivity index (χ1n) is 7.51. The minimum Gasteiger partial charge on any atom is -0.455 e. The average Bonchev–Trinajstić information content (AvgIpc) is 2.80. The smallest absolute Gasteiger partial charge is 0.332 e. The van der Waals surface area contributed by atoms with Crippen LogP contribution in [0.4, 0.5) is 4.79 Å². The molecule has 0 spiro atoms. The molecule has 1 aromatic rings. The number of nitrogens with zero attached hydrogens (tertiary/aromatic N) is 1. The van der Waals surface area contributed by atoms with Gasteiger partial charge in [-0.15, -0.1) is 0 Å². The van der Waals surface area contributed by atoms with E-state index in [9.17, 15) is 9.59 Å². The van der Waals surface area contributed by atoms with Crippen LogP contribution in [0.3, 0.4) is 0 Å². The highest BCUT2D eigenvalue weighted by Crippen LogP contribution is 2.29. The molecule has 126 valence electrons. The van der Waals surface area contributed by atoms with Crippen LogP contribution in [-0.4, -0.2) is 23.2 Å². The van der Waals surface area contributed by atoms with E-state index >= 15 is 0 Å². The Morgan fingerprint density at radius 3 is 2.57 bits per heavy atom. The van der Waals surface area contributed by atoms with Crippen LogP contribution in [0, 0.1) is 6.92 Å². The first-order valence-corrected chi connectivity index (χ1v) is 7.51. The Morgan fingerprint density at radius 2 is 1.96 bits per heavy atom. The molecule has 0 aromatic carbocycles. The maximum atomic E-state index is 12.3. The highest BCUT2D eigenvalue weighted by Gasteiger charge is 2.28. The molecule has 1 heterocycles. The Balaban J connectivity index is 2.27. The molecule has 2 rings (SSSR count). The minimum absolute atomic E-state index is 0.250. The van der Waals surface area contributed by atoms with Crippen molar-refractivity contribution in [3.8, 4) is 0 Å².